The van der Waals surface area contributed by atoms with Crippen LogP contribution in [-0.4, -0.2) is 16.1 Å². The SMILES string of the molecule is O=C(Cc1cccc2cccnc12)Nc1ccc(SC2CCCC2)cc1. The number of anilines is 1. The zero-order chi connectivity index (χ0) is 17.8. The highest BCUT2D eigenvalue weighted by atomic mass is 32.2. The largest absolute Gasteiger partial charge is 0.326 e. The van der Waals surface area contributed by atoms with Crippen molar-refractivity contribution in [3.05, 3.63) is 66.4 Å². The topological polar surface area (TPSA) is 42.0 Å². The Labute approximate surface area is 158 Å². The molecular formula is C22H22N2OS. The van der Waals surface area contributed by atoms with Crippen LogP contribution in [0.3, 0.4) is 0 Å². The Morgan fingerprint density at radius 2 is 1.81 bits per heavy atom. The van der Waals surface area contributed by atoms with Crippen molar-refractivity contribution in [2.24, 2.45) is 0 Å². The van der Waals surface area contributed by atoms with Crippen LogP contribution in [0.15, 0.2) is 65.7 Å². The average Bonchev–Trinajstić information content (AvgIpc) is 3.17. The summed E-state index contributed by atoms with van der Waals surface area (Å²) < 4.78 is 0. The molecule has 2 aromatic carbocycles. The quantitative estimate of drug-likeness (QED) is 0.656. The molecule has 26 heavy (non-hydrogen) atoms. The molecule has 1 aromatic heterocycles. The number of carbonyl (C=O) groups is 1. The second-order valence-electron chi connectivity index (χ2n) is 6.77. The summed E-state index contributed by atoms with van der Waals surface area (Å²) in [5.41, 5.74) is 2.70. The Balaban J connectivity index is 1.39. The number of fused-ring (bicyclic) bond motifs is 1. The van der Waals surface area contributed by atoms with Crippen LogP contribution in [0.5, 0.6) is 0 Å². The van der Waals surface area contributed by atoms with Gasteiger partial charge in [0.05, 0.1) is 11.9 Å². The number of rotatable bonds is 5. The van der Waals surface area contributed by atoms with Gasteiger partial charge in [0.25, 0.3) is 0 Å². The second-order valence-corrected chi connectivity index (χ2v) is 8.14. The summed E-state index contributed by atoms with van der Waals surface area (Å²) in [4.78, 5) is 18.1. The lowest BCUT2D eigenvalue weighted by Gasteiger charge is -2.10. The molecule has 0 saturated heterocycles. The molecule has 1 aliphatic rings. The zero-order valence-electron chi connectivity index (χ0n) is 14.7. The molecule has 0 radical (unpaired) electrons. The molecule has 3 aromatic rings. The van der Waals surface area contributed by atoms with Crippen LogP contribution in [-0.2, 0) is 11.2 Å². The first-order valence-corrected chi connectivity index (χ1v) is 10.0. The number of hydrogen-bond donors (Lipinski definition) is 1. The summed E-state index contributed by atoms with van der Waals surface area (Å²) in [5.74, 6) is -0.0145. The number of hydrogen-bond acceptors (Lipinski definition) is 3. The molecule has 3 nitrogen and oxygen atoms in total. The van der Waals surface area contributed by atoms with Crippen LogP contribution >= 0.6 is 11.8 Å². The van der Waals surface area contributed by atoms with Gasteiger partial charge in [-0.1, -0.05) is 37.1 Å². The van der Waals surface area contributed by atoms with Crippen molar-refractivity contribution in [1.29, 1.82) is 0 Å². The van der Waals surface area contributed by atoms with Crippen LogP contribution < -0.4 is 5.32 Å². The number of para-hydroxylation sites is 1. The molecule has 0 aliphatic heterocycles. The van der Waals surface area contributed by atoms with Gasteiger partial charge in [-0.3, -0.25) is 9.78 Å². The lowest BCUT2D eigenvalue weighted by Crippen LogP contribution is -2.14. The van der Waals surface area contributed by atoms with E-state index in [1.807, 2.05) is 54.2 Å². The van der Waals surface area contributed by atoms with Gasteiger partial charge in [0, 0.05) is 27.4 Å². The molecule has 132 valence electrons. The van der Waals surface area contributed by atoms with Crippen LogP contribution in [0.25, 0.3) is 10.9 Å². The zero-order valence-corrected chi connectivity index (χ0v) is 15.5. The average molecular weight is 362 g/mol. The third-order valence-corrected chi connectivity index (χ3v) is 6.16. The second kappa shape index (κ2) is 7.92. The Hall–Kier alpha value is -2.33. The summed E-state index contributed by atoms with van der Waals surface area (Å²) in [6.07, 6.45) is 7.45. The minimum atomic E-state index is -0.0145. The molecular weight excluding hydrogens is 340 g/mol. The van der Waals surface area contributed by atoms with Crippen LogP contribution in [0.1, 0.15) is 31.2 Å². The first-order valence-electron chi connectivity index (χ1n) is 9.17. The number of carbonyl (C=O) groups excluding carboxylic acids is 1. The fraction of sp³-hybridized carbons (Fsp3) is 0.273. The van der Waals surface area contributed by atoms with E-state index >= 15 is 0 Å². The molecule has 1 heterocycles. The summed E-state index contributed by atoms with van der Waals surface area (Å²) in [6.45, 7) is 0. The van der Waals surface area contributed by atoms with Crippen LogP contribution in [0.2, 0.25) is 0 Å². The van der Waals surface area contributed by atoms with Gasteiger partial charge in [0.2, 0.25) is 5.91 Å². The van der Waals surface area contributed by atoms with Crippen molar-refractivity contribution >= 4 is 34.3 Å². The maximum atomic E-state index is 12.4. The predicted molar refractivity (Wildman–Crippen MR) is 109 cm³/mol. The highest BCUT2D eigenvalue weighted by molar-refractivity contribution is 8.00. The van der Waals surface area contributed by atoms with E-state index in [0.29, 0.717) is 6.42 Å². The number of nitrogens with zero attached hydrogens (tertiary/aromatic N) is 1. The van der Waals surface area contributed by atoms with Gasteiger partial charge in [-0.05, 0) is 48.7 Å². The Kier molecular flexibility index (Phi) is 5.21. The highest BCUT2D eigenvalue weighted by Gasteiger charge is 2.16. The molecule has 1 aliphatic carbocycles. The highest BCUT2D eigenvalue weighted by Crippen LogP contribution is 2.34. The van der Waals surface area contributed by atoms with Gasteiger partial charge in [-0.25, -0.2) is 0 Å². The Morgan fingerprint density at radius 1 is 1.04 bits per heavy atom. The van der Waals surface area contributed by atoms with Crippen molar-refractivity contribution < 1.29 is 4.79 Å². The smallest absolute Gasteiger partial charge is 0.228 e. The Bertz CT molecular complexity index is 896. The van der Waals surface area contributed by atoms with E-state index in [1.165, 1.54) is 30.6 Å². The number of benzene rings is 2. The predicted octanol–water partition coefficient (Wildman–Crippen LogP) is 5.45. The van der Waals surface area contributed by atoms with Crippen LogP contribution in [0.4, 0.5) is 5.69 Å². The van der Waals surface area contributed by atoms with E-state index in [2.05, 4.69) is 22.4 Å². The Morgan fingerprint density at radius 3 is 2.62 bits per heavy atom. The van der Waals surface area contributed by atoms with Gasteiger partial charge >= 0.3 is 0 Å². The molecule has 1 fully saturated rings. The molecule has 0 spiro atoms. The van der Waals surface area contributed by atoms with E-state index in [-0.39, 0.29) is 5.91 Å². The monoisotopic (exact) mass is 362 g/mol. The standard InChI is InChI=1S/C22H22N2OS/c25-21(15-17-6-3-5-16-7-4-14-23-22(16)17)24-18-10-12-20(13-11-18)26-19-8-1-2-9-19/h3-7,10-14,19H,1-2,8-9,15H2,(H,24,25). The summed E-state index contributed by atoms with van der Waals surface area (Å²) in [7, 11) is 0. The summed E-state index contributed by atoms with van der Waals surface area (Å²) >= 11 is 1.96. The van der Waals surface area contributed by atoms with Crippen molar-refractivity contribution in [1.82, 2.24) is 4.98 Å². The maximum absolute atomic E-state index is 12.4. The lowest BCUT2D eigenvalue weighted by molar-refractivity contribution is -0.115. The number of amides is 1. The number of nitrogens with one attached hydrogen (secondary N) is 1. The van der Waals surface area contributed by atoms with E-state index in [9.17, 15) is 4.79 Å². The van der Waals surface area contributed by atoms with E-state index < -0.39 is 0 Å². The normalized spacial score (nSPS) is 14.6. The molecule has 0 unspecified atom stereocenters. The maximum Gasteiger partial charge on any atom is 0.228 e. The van der Waals surface area contributed by atoms with E-state index in [0.717, 1.165) is 27.4 Å². The van der Waals surface area contributed by atoms with Gasteiger partial charge in [0.1, 0.15) is 0 Å². The number of thioether (sulfide) groups is 1. The first kappa shape index (κ1) is 17.1. The molecule has 1 amide bonds. The fourth-order valence-electron chi connectivity index (χ4n) is 3.50. The molecule has 4 heteroatoms. The molecule has 0 atom stereocenters. The van der Waals surface area contributed by atoms with Crippen molar-refractivity contribution in [2.75, 3.05) is 5.32 Å². The third kappa shape index (κ3) is 4.07. The van der Waals surface area contributed by atoms with Gasteiger partial charge in [0.15, 0.2) is 0 Å². The number of aromatic nitrogens is 1. The first-order chi connectivity index (χ1) is 12.8. The van der Waals surface area contributed by atoms with Gasteiger partial charge < -0.3 is 5.32 Å². The summed E-state index contributed by atoms with van der Waals surface area (Å²) in [5, 5.41) is 4.82. The molecule has 1 N–H and O–H groups in total. The minimum Gasteiger partial charge on any atom is -0.326 e. The van der Waals surface area contributed by atoms with Crippen molar-refractivity contribution in [3.8, 4) is 0 Å². The molecule has 4 rings (SSSR count). The van der Waals surface area contributed by atoms with Gasteiger partial charge in [-0.2, -0.15) is 0 Å². The minimum absolute atomic E-state index is 0.0145. The van der Waals surface area contributed by atoms with Crippen LogP contribution in [0, 0.1) is 0 Å². The van der Waals surface area contributed by atoms with E-state index in [4.69, 9.17) is 0 Å². The van der Waals surface area contributed by atoms with Crippen molar-refractivity contribution in [3.63, 3.8) is 0 Å². The van der Waals surface area contributed by atoms with Gasteiger partial charge in [-0.15, -0.1) is 11.8 Å². The molecule has 0 bridgehead atoms. The summed E-state index contributed by atoms with van der Waals surface area (Å²) in [6, 6.07) is 18.1. The molecule has 1 saturated carbocycles. The van der Waals surface area contributed by atoms with E-state index in [1.54, 1.807) is 6.20 Å². The van der Waals surface area contributed by atoms with Crippen molar-refractivity contribution in [2.45, 2.75) is 42.2 Å². The fourth-order valence-corrected chi connectivity index (χ4v) is 4.75. The lowest BCUT2D eigenvalue weighted by atomic mass is 10.1. The number of pyridine rings is 1. The third-order valence-electron chi connectivity index (χ3n) is 4.81.